The van der Waals surface area contributed by atoms with Crippen molar-refractivity contribution < 1.29 is 29.3 Å². The average Bonchev–Trinajstić information content (AvgIpc) is 3.11. The zero-order valence-electron chi connectivity index (χ0n) is 33.1. The van der Waals surface area contributed by atoms with Crippen LogP contribution in [0.3, 0.4) is 0 Å². The molecule has 0 amide bonds. The average molecular weight is 715 g/mol. The first-order valence-electron chi connectivity index (χ1n) is 20.8. The van der Waals surface area contributed by atoms with E-state index in [9.17, 15) is 19.8 Å². The third-order valence-corrected chi connectivity index (χ3v) is 8.80. The molecule has 0 fully saturated rings. The van der Waals surface area contributed by atoms with E-state index in [1.54, 1.807) is 6.08 Å². The van der Waals surface area contributed by atoms with E-state index in [1.165, 1.54) is 89.9 Å². The summed E-state index contributed by atoms with van der Waals surface area (Å²) in [5.74, 6) is 0.0894. The molecule has 0 aromatic heterocycles. The number of aliphatic hydroxyl groups is 2. The zero-order chi connectivity index (χ0) is 37.5. The summed E-state index contributed by atoms with van der Waals surface area (Å²) in [5.41, 5.74) is 0. The van der Waals surface area contributed by atoms with Crippen molar-refractivity contribution in [2.75, 3.05) is 13.2 Å². The Bertz CT molecular complexity index is 931. The minimum absolute atomic E-state index is 0.153. The number of ether oxygens (including phenoxy) is 2. The Labute approximate surface area is 313 Å². The summed E-state index contributed by atoms with van der Waals surface area (Å²) in [6, 6.07) is 0. The van der Waals surface area contributed by atoms with Crippen molar-refractivity contribution >= 4 is 11.9 Å². The number of rotatable bonds is 36. The van der Waals surface area contributed by atoms with Crippen LogP contribution in [-0.2, 0) is 19.1 Å². The third-order valence-electron chi connectivity index (χ3n) is 8.80. The molecular weight excluding hydrogens is 636 g/mol. The second kappa shape index (κ2) is 38.8. The van der Waals surface area contributed by atoms with Gasteiger partial charge in [-0.25, -0.2) is 0 Å². The van der Waals surface area contributed by atoms with E-state index in [4.69, 9.17) is 9.47 Å². The molecule has 6 heteroatoms. The summed E-state index contributed by atoms with van der Waals surface area (Å²) in [4.78, 5) is 24.0. The van der Waals surface area contributed by atoms with E-state index in [2.05, 4.69) is 57.2 Å². The maximum absolute atomic E-state index is 12.0. The van der Waals surface area contributed by atoms with Gasteiger partial charge >= 0.3 is 11.9 Å². The van der Waals surface area contributed by atoms with Crippen LogP contribution in [0.25, 0.3) is 0 Å². The monoisotopic (exact) mass is 715 g/mol. The van der Waals surface area contributed by atoms with E-state index in [0.717, 1.165) is 50.9 Å². The lowest BCUT2D eigenvalue weighted by molar-refractivity contribution is -0.152. The molecule has 0 aromatic rings. The standard InChI is InChI=1S/C45H78O6/c1-4-5-6-7-8-9-10-15-19-22-25-28-31-35-42(46)36-33-38-45(49)51-40-43(47)39-50-44(48)37-32-29-26-23-20-17-14-12-11-13-16-18-21-24-27-30-34-41(2)3/h5-6,8-9,15,19,25,28,31,35,41-43,46-47H,4,7,10-14,16-18,20-24,26-27,29-30,32-34,36-40H2,1-3H3/b6-5-,9-8-,19-15-,28-25-,35-31+/t42?,43-/m1/s1. The second-order valence-electron chi connectivity index (χ2n) is 14.4. The summed E-state index contributed by atoms with van der Waals surface area (Å²) in [6.07, 6.45) is 46.0. The van der Waals surface area contributed by atoms with Crippen molar-refractivity contribution in [3.05, 3.63) is 60.8 Å². The van der Waals surface area contributed by atoms with Crippen LogP contribution >= 0.6 is 0 Å². The minimum atomic E-state index is -1.04. The van der Waals surface area contributed by atoms with Crippen molar-refractivity contribution in [1.82, 2.24) is 0 Å². The number of allylic oxidation sites excluding steroid dienone is 9. The molecule has 0 radical (unpaired) electrons. The highest BCUT2D eigenvalue weighted by Gasteiger charge is 2.12. The first-order valence-corrected chi connectivity index (χ1v) is 20.8. The van der Waals surface area contributed by atoms with Crippen molar-refractivity contribution in [3.63, 3.8) is 0 Å². The number of hydrogen-bond donors (Lipinski definition) is 2. The molecular formula is C45H78O6. The van der Waals surface area contributed by atoms with Gasteiger partial charge in [0.05, 0.1) is 6.10 Å². The van der Waals surface area contributed by atoms with Crippen LogP contribution in [0.1, 0.15) is 181 Å². The molecule has 0 spiro atoms. The van der Waals surface area contributed by atoms with Gasteiger partial charge in [-0.15, -0.1) is 0 Å². The highest BCUT2D eigenvalue weighted by Crippen LogP contribution is 2.15. The predicted octanol–water partition coefficient (Wildman–Crippen LogP) is 12.0. The second-order valence-corrected chi connectivity index (χ2v) is 14.4. The molecule has 2 N–H and O–H groups in total. The molecule has 294 valence electrons. The number of esters is 2. The fourth-order valence-electron chi connectivity index (χ4n) is 5.65. The van der Waals surface area contributed by atoms with E-state index < -0.39 is 18.2 Å². The van der Waals surface area contributed by atoms with E-state index in [1.807, 2.05) is 18.2 Å². The van der Waals surface area contributed by atoms with Gasteiger partial charge in [0, 0.05) is 12.8 Å². The van der Waals surface area contributed by atoms with Gasteiger partial charge in [0.2, 0.25) is 0 Å². The molecule has 1 unspecified atom stereocenters. The van der Waals surface area contributed by atoms with Crippen molar-refractivity contribution in [2.24, 2.45) is 5.92 Å². The van der Waals surface area contributed by atoms with Crippen molar-refractivity contribution in [1.29, 1.82) is 0 Å². The molecule has 0 rings (SSSR count). The predicted molar refractivity (Wildman–Crippen MR) is 216 cm³/mol. The van der Waals surface area contributed by atoms with Gasteiger partial charge < -0.3 is 19.7 Å². The van der Waals surface area contributed by atoms with Crippen LogP contribution in [0.4, 0.5) is 0 Å². The number of aliphatic hydroxyl groups excluding tert-OH is 2. The fraction of sp³-hybridized carbons (Fsp3) is 0.733. The molecule has 0 saturated carbocycles. The normalized spacial score (nSPS) is 13.5. The van der Waals surface area contributed by atoms with Crippen LogP contribution in [0.15, 0.2) is 60.8 Å². The quantitative estimate of drug-likeness (QED) is 0.0290. The van der Waals surface area contributed by atoms with Gasteiger partial charge in [0.1, 0.15) is 19.3 Å². The van der Waals surface area contributed by atoms with E-state index in [0.29, 0.717) is 19.3 Å². The fourth-order valence-corrected chi connectivity index (χ4v) is 5.65. The summed E-state index contributed by atoms with van der Waals surface area (Å²) in [7, 11) is 0. The number of unbranched alkanes of at least 4 members (excludes halogenated alkanes) is 15. The molecule has 2 atom stereocenters. The molecule has 0 aliphatic rings. The topological polar surface area (TPSA) is 93.1 Å². The Morgan fingerprint density at radius 3 is 1.39 bits per heavy atom. The van der Waals surface area contributed by atoms with Gasteiger partial charge in [-0.2, -0.15) is 0 Å². The van der Waals surface area contributed by atoms with Crippen LogP contribution < -0.4 is 0 Å². The lowest BCUT2D eigenvalue weighted by atomic mass is 10.0. The molecule has 51 heavy (non-hydrogen) atoms. The Morgan fingerprint density at radius 1 is 0.510 bits per heavy atom. The van der Waals surface area contributed by atoms with Gasteiger partial charge in [-0.3, -0.25) is 9.59 Å². The molecule has 0 saturated heterocycles. The maximum atomic E-state index is 12.0. The zero-order valence-corrected chi connectivity index (χ0v) is 33.1. The Hall–Kier alpha value is -2.44. The first-order chi connectivity index (χ1) is 24.8. The summed E-state index contributed by atoms with van der Waals surface area (Å²) >= 11 is 0. The van der Waals surface area contributed by atoms with Crippen molar-refractivity contribution in [2.45, 2.75) is 193 Å². The van der Waals surface area contributed by atoms with Gasteiger partial charge in [0.25, 0.3) is 0 Å². The molecule has 0 aromatic carbocycles. The maximum Gasteiger partial charge on any atom is 0.305 e. The molecule has 0 bridgehead atoms. The summed E-state index contributed by atoms with van der Waals surface area (Å²) < 4.78 is 10.2. The molecule has 0 heterocycles. The van der Waals surface area contributed by atoms with Crippen LogP contribution in [-0.4, -0.2) is 47.6 Å². The molecule has 0 aliphatic carbocycles. The Morgan fingerprint density at radius 2 is 0.922 bits per heavy atom. The van der Waals surface area contributed by atoms with Crippen LogP contribution in [0, 0.1) is 5.92 Å². The van der Waals surface area contributed by atoms with Crippen molar-refractivity contribution in [3.8, 4) is 0 Å². The highest BCUT2D eigenvalue weighted by molar-refractivity contribution is 5.69. The smallest absolute Gasteiger partial charge is 0.305 e. The highest BCUT2D eigenvalue weighted by atomic mass is 16.6. The Balaban J connectivity index is 3.59. The summed E-state index contributed by atoms with van der Waals surface area (Å²) in [6.45, 7) is 6.38. The third kappa shape index (κ3) is 40.2. The van der Waals surface area contributed by atoms with Gasteiger partial charge in [-0.05, 0) is 50.9 Å². The van der Waals surface area contributed by atoms with Crippen LogP contribution in [0.2, 0.25) is 0 Å². The Kier molecular flexibility index (Phi) is 36.9. The van der Waals surface area contributed by atoms with E-state index in [-0.39, 0.29) is 25.6 Å². The van der Waals surface area contributed by atoms with E-state index >= 15 is 0 Å². The number of carbonyl (C=O) groups is 2. The lowest BCUT2D eigenvalue weighted by Crippen LogP contribution is -2.25. The summed E-state index contributed by atoms with van der Waals surface area (Å²) in [5, 5.41) is 20.1. The largest absolute Gasteiger partial charge is 0.463 e. The van der Waals surface area contributed by atoms with Gasteiger partial charge in [0.15, 0.2) is 0 Å². The molecule has 6 nitrogen and oxygen atoms in total. The lowest BCUT2D eigenvalue weighted by Gasteiger charge is -2.12. The first kappa shape index (κ1) is 48.6. The SMILES string of the molecule is CC/C=C\C/C=C\C/C=C\C/C=C\C=C\C(O)CCCC(=O)OC[C@H](O)COC(=O)CCCCCCCCCCCCCCCCCCC(C)C. The van der Waals surface area contributed by atoms with Gasteiger partial charge in [-0.1, -0.05) is 184 Å². The van der Waals surface area contributed by atoms with Crippen LogP contribution in [0.5, 0.6) is 0 Å². The number of carbonyl (C=O) groups excluding carboxylic acids is 2. The number of hydrogen-bond acceptors (Lipinski definition) is 6. The minimum Gasteiger partial charge on any atom is -0.463 e. The molecule has 0 aliphatic heterocycles.